The molecule has 0 radical (unpaired) electrons. The van der Waals surface area contributed by atoms with Gasteiger partial charge in [0.05, 0.1) is 1.37 Å². The number of fused-ring (bicyclic) bond motifs is 3. The Balaban J connectivity index is 2.63. The van der Waals surface area contributed by atoms with Gasteiger partial charge in [-0.25, -0.2) is 0 Å². The molecule has 62 valence electrons. The zero-order valence-corrected chi connectivity index (χ0v) is 7.04. The van der Waals surface area contributed by atoms with Crippen LogP contribution in [0.25, 0.3) is 21.8 Å². The molecular weight excluding hydrogens is 158 g/mol. The normalized spacial score (nSPS) is 12.2. The summed E-state index contributed by atoms with van der Waals surface area (Å²) in [6.45, 7) is 0. The standard InChI is InChI=1S/C12H9N/c1-3-7-11-9(5-1)10-6-2-4-8-12(10)13-11/h1-8,13H/i7D. The molecule has 2 aromatic carbocycles. The lowest BCUT2D eigenvalue weighted by molar-refractivity contribution is 1.55. The Bertz CT molecular complexity index is 610. The highest BCUT2D eigenvalue weighted by molar-refractivity contribution is 6.06. The van der Waals surface area contributed by atoms with E-state index < -0.39 is 0 Å². The van der Waals surface area contributed by atoms with Crippen LogP contribution in [0.2, 0.25) is 0 Å². The Labute approximate surface area is 77.4 Å². The number of nitrogens with one attached hydrogen (secondary N) is 1. The summed E-state index contributed by atoms with van der Waals surface area (Å²) >= 11 is 0. The van der Waals surface area contributed by atoms with Gasteiger partial charge in [-0.3, -0.25) is 0 Å². The maximum Gasteiger partial charge on any atom is 0.0645 e. The number of hydrogen-bond donors (Lipinski definition) is 1. The van der Waals surface area contributed by atoms with Crippen LogP contribution in [0, 0.1) is 0 Å². The van der Waals surface area contributed by atoms with E-state index in [2.05, 4.69) is 11.1 Å². The number of para-hydroxylation sites is 2. The highest BCUT2D eigenvalue weighted by Crippen LogP contribution is 2.24. The maximum atomic E-state index is 7.76. The summed E-state index contributed by atoms with van der Waals surface area (Å²) < 4.78 is 7.76. The van der Waals surface area contributed by atoms with Crippen molar-refractivity contribution in [2.45, 2.75) is 0 Å². The van der Waals surface area contributed by atoms with E-state index in [0.29, 0.717) is 6.04 Å². The lowest BCUT2D eigenvalue weighted by atomic mass is 10.2. The summed E-state index contributed by atoms with van der Waals surface area (Å²) in [5, 5.41) is 2.32. The predicted octanol–water partition coefficient (Wildman–Crippen LogP) is 3.32. The molecule has 1 heterocycles. The average molecular weight is 168 g/mol. The van der Waals surface area contributed by atoms with E-state index in [1.807, 2.05) is 30.3 Å². The topological polar surface area (TPSA) is 15.8 Å². The average Bonchev–Trinajstić information content (AvgIpc) is 2.59. The molecule has 1 N–H and O–H groups in total. The zero-order chi connectivity index (χ0) is 9.54. The van der Waals surface area contributed by atoms with Gasteiger partial charge >= 0.3 is 0 Å². The summed E-state index contributed by atoms with van der Waals surface area (Å²) in [6, 6.07) is 14.5. The SMILES string of the molecule is [2H]c1cccc2c1[nH]c1ccccc12. The van der Waals surface area contributed by atoms with Gasteiger partial charge in [-0.1, -0.05) is 36.4 Å². The first-order valence-corrected chi connectivity index (χ1v) is 4.32. The maximum absolute atomic E-state index is 7.76. The van der Waals surface area contributed by atoms with Crippen LogP contribution in [0.3, 0.4) is 0 Å². The van der Waals surface area contributed by atoms with E-state index in [0.717, 1.165) is 16.4 Å². The Morgan fingerprint density at radius 1 is 0.846 bits per heavy atom. The molecule has 13 heavy (non-hydrogen) atoms. The Kier molecular flexibility index (Phi) is 1.06. The molecule has 0 saturated heterocycles. The van der Waals surface area contributed by atoms with E-state index in [1.54, 1.807) is 6.07 Å². The van der Waals surface area contributed by atoms with Gasteiger partial charge in [0.1, 0.15) is 0 Å². The summed E-state index contributed by atoms with van der Waals surface area (Å²) in [5.74, 6) is 0. The first-order valence-electron chi connectivity index (χ1n) is 4.82. The van der Waals surface area contributed by atoms with Crippen LogP contribution >= 0.6 is 0 Å². The van der Waals surface area contributed by atoms with E-state index >= 15 is 0 Å². The van der Waals surface area contributed by atoms with Gasteiger partial charge in [0.15, 0.2) is 0 Å². The molecule has 3 rings (SSSR count). The van der Waals surface area contributed by atoms with E-state index in [4.69, 9.17) is 1.37 Å². The molecule has 0 saturated carbocycles. The molecule has 0 amide bonds. The van der Waals surface area contributed by atoms with Gasteiger partial charge < -0.3 is 4.98 Å². The molecule has 0 fully saturated rings. The number of H-pyrrole nitrogens is 1. The largest absolute Gasteiger partial charge is 0.355 e. The molecule has 0 bridgehead atoms. The number of rotatable bonds is 0. The van der Waals surface area contributed by atoms with Crippen molar-refractivity contribution < 1.29 is 1.37 Å². The van der Waals surface area contributed by atoms with Crippen LogP contribution in [-0.4, -0.2) is 4.98 Å². The van der Waals surface area contributed by atoms with Gasteiger partial charge in [0.25, 0.3) is 0 Å². The summed E-state index contributed by atoms with van der Waals surface area (Å²) in [6.07, 6.45) is 0. The number of hydrogen-bond acceptors (Lipinski definition) is 0. The van der Waals surface area contributed by atoms with Crippen molar-refractivity contribution in [3.05, 3.63) is 48.5 Å². The van der Waals surface area contributed by atoms with Crippen molar-refractivity contribution in [2.24, 2.45) is 0 Å². The van der Waals surface area contributed by atoms with Gasteiger partial charge in [0.2, 0.25) is 0 Å². The first-order chi connectivity index (χ1) is 6.86. The fraction of sp³-hybridized carbons (Fsp3) is 0. The monoisotopic (exact) mass is 168 g/mol. The minimum Gasteiger partial charge on any atom is -0.355 e. The van der Waals surface area contributed by atoms with Gasteiger partial charge in [-0.15, -0.1) is 0 Å². The summed E-state index contributed by atoms with van der Waals surface area (Å²) in [4.78, 5) is 3.26. The van der Waals surface area contributed by atoms with Crippen LogP contribution in [0.1, 0.15) is 1.37 Å². The minimum atomic E-state index is 0.554. The number of aromatic amines is 1. The lowest BCUT2D eigenvalue weighted by Gasteiger charge is -1.87. The van der Waals surface area contributed by atoms with Gasteiger partial charge in [-0.2, -0.15) is 0 Å². The van der Waals surface area contributed by atoms with Crippen LogP contribution in [0.15, 0.2) is 48.5 Å². The van der Waals surface area contributed by atoms with Crippen LogP contribution in [0.4, 0.5) is 0 Å². The fourth-order valence-corrected chi connectivity index (χ4v) is 1.73. The minimum absolute atomic E-state index is 0.554. The molecule has 0 aliphatic heterocycles. The second kappa shape index (κ2) is 2.36. The van der Waals surface area contributed by atoms with E-state index in [9.17, 15) is 0 Å². The molecule has 1 nitrogen and oxygen atoms in total. The molecule has 0 spiro atoms. The van der Waals surface area contributed by atoms with Crippen LogP contribution in [0.5, 0.6) is 0 Å². The quantitative estimate of drug-likeness (QED) is 0.530. The highest BCUT2D eigenvalue weighted by Gasteiger charge is 2.00. The number of benzene rings is 2. The van der Waals surface area contributed by atoms with Crippen molar-refractivity contribution in [1.29, 1.82) is 0 Å². The molecular formula is C12H9N. The second-order valence-electron chi connectivity index (χ2n) is 3.13. The fourth-order valence-electron chi connectivity index (χ4n) is 1.73. The molecule has 3 aromatic rings. The molecule has 0 aliphatic carbocycles. The predicted molar refractivity (Wildman–Crippen MR) is 55.8 cm³/mol. The molecule has 1 aromatic heterocycles. The zero-order valence-electron chi connectivity index (χ0n) is 8.04. The van der Waals surface area contributed by atoms with Crippen LogP contribution < -0.4 is 0 Å². The van der Waals surface area contributed by atoms with Crippen molar-refractivity contribution in [1.82, 2.24) is 4.98 Å². The third-order valence-corrected chi connectivity index (χ3v) is 2.33. The molecule has 1 heteroatoms. The van der Waals surface area contributed by atoms with E-state index in [1.165, 1.54) is 5.39 Å². The Morgan fingerprint density at radius 3 is 2.46 bits per heavy atom. The first kappa shape index (κ1) is 5.81. The lowest BCUT2D eigenvalue weighted by Crippen LogP contribution is -1.62. The van der Waals surface area contributed by atoms with Gasteiger partial charge in [-0.05, 0) is 12.1 Å². The van der Waals surface area contributed by atoms with Crippen molar-refractivity contribution in [2.75, 3.05) is 0 Å². The smallest absolute Gasteiger partial charge is 0.0645 e. The van der Waals surface area contributed by atoms with Gasteiger partial charge in [0, 0.05) is 21.8 Å². The molecule has 0 aliphatic rings. The van der Waals surface area contributed by atoms with Crippen molar-refractivity contribution in [3.8, 4) is 0 Å². The Hall–Kier alpha value is -1.76. The highest BCUT2D eigenvalue weighted by atomic mass is 14.7. The summed E-state index contributed by atoms with van der Waals surface area (Å²) in [5.41, 5.74) is 2.02. The second-order valence-corrected chi connectivity index (χ2v) is 3.13. The van der Waals surface area contributed by atoms with Crippen molar-refractivity contribution in [3.63, 3.8) is 0 Å². The third kappa shape index (κ3) is 0.872. The number of aromatic nitrogens is 1. The van der Waals surface area contributed by atoms with E-state index in [-0.39, 0.29) is 0 Å². The summed E-state index contributed by atoms with van der Waals surface area (Å²) in [7, 11) is 0. The third-order valence-electron chi connectivity index (χ3n) is 2.33. The molecule has 0 atom stereocenters. The molecule has 0 unspecified atom stereocenters. The Morgan fingerprint density at radius 2 is 1.54 bits per heavy atom. The van der Waals surface area contributed by atoms with Crippen molar-refractivity contribution >= 4 is 21.8 Å². The van der Waals surface area contributed by atoms with Crippen LogP contribution in [-0.2, 0) is 0 Å².